The van der Waals surface area contributed by atoms with E-state index >= 15 is 0 Å². The van der Waals surface area contributed by atoms with Crippen molar-refractivity contribution in [3.8, 4) is 17.6 Å². The van der Waals surface area contributed by atoms with E-state index in [0.717, 1.165) is 16.7 Å². The lowest BCUT2D eigenvalue weighted by atomic mass is 9.80. The average Bonchev–Trinajstić information content (AvgIpc) is 3.66. The number of nitriles is 1. The van der Waals surface area contributed by atoms with E-state index in [1.54, 1.807) is 21.1 Å². The van der Waals surface area contributed by atoms with Crippen molar-refractivity contribution >= 4 is 37.1 Å². The molecule has 17 heteroatoms. The van der Waals surface area contributed by atoms with E-state index in [1.165, 1.54) is 4.90 Å². The number of nitrogens with zero attached hydrogens (tertiary/aromatic N) is 3. The van der Waals surface area contributed by atoms with E-state index in [-0.39, 0.29) is 48.2 Å². The molecule has 0 radical (unpaired) electrons. The third-order valence-electron chi connectivity index (χ3n) is 14.1. The van der Waals surface area contributed by atoms with Gasteiger partial charge in [0.2, 0.25) is 0 Å². The maximum Gasteiger partial charge on any atom is 0.328 e. The van der Waals surface area contributed by atoms with Crippen LogP contribution in [0.5, 0.6) is 11.5 Å². The van der Waals surface area contributed by atoms with E-state index in [0.29, 0.717) is 11.5 Å². The summed E-state index contributed by atoms with van der Waals surface area (Å²) in [5, 5.41) is 11.7. The molecule has 2 heterocycles. The largest absolute Gasteiger partial charge is 0.497 e. The van der Waals surface area contributed by atoms with Crippen LogP contribution in [-0.4, -0.2) is 108 Å². The van der Waals surface area contributed by atoms with Gasteiger partial charge in [0.1, 0.15) is 29.4 Å². The number of benzene rings is 3. The molecule has 1 unspecified atom stereocenters. The number of urea groups is 1. The molecule has 2 saturated heterocycles. The van der Waals surface area contributed by atoms with Gasteiger partial charge in [-0.1, -0.05) is 96.1 Å². The normalized spacial score (nSPS) is 22.3. The number of rotatable bonds is 21. The zero-order valence-electron chi connectivity index (χ0n) is 44.2. The lowest BCUT2D eigenvalue weighted by molar-refractivity contribution is -0.187. The van der Waals surface area contributed by atoms with Crippen molar-refractivity contribution in [1.82, 2.24) is 14.9 Å². The van der Waals surface area contributed by atoms with Crippen LogP contribution in [0, 0.1) is 11.3 Å². The summed E-state index contributed by atoms with van der Waals surface area (Å²) >= 11 is 0. The Balaban J connectivity index is 1.71. The van der Waals surface area contributed by atoms with Crippen LogP contribution in [0.25, 0.3) is 0 Å². The van der Waals surface area contributed by atoms with Gasteiger partial charge in [0.25, 0.3) is 14.4 Å². The van der Waals surface area contributed by atoms with E-state index in [4.69, 9.17) is 36.8 Å². The van der Waals surface area contributed by atoms with Gasteiger partial charge in [0.05, 0.1) is 46.0 Å². The van der Waals surface area contributed by atoms with Crippen LogP contribution < -0.4 is 14.8 Å². The highest BCUT2D eigenvalue weighted by atomic mass is 31.2. The first-order valence-electron chi connectivity index (χ1n) is 24.1. The van der Waals surface area contributed by atoms with Crippen molar-refractivity contribution in [3.63, 3.8) is 0 Å². The predicted molar refractivity (Wildman–Crippen MR) is 276 cm³/mol. The molecular formula is C52H79N4O10PSi2. The average molecular weight is 1010 g/mol. The van der Waals surface area contributed by atoms with Crippen LogP contribution in [0.3, 0.4) is 0 Å². The van der Waals surface area contributed by atoms with Gasteiger partial charge in [-0.15, -0.1) is 0 Å². The second-order valence-electron chi connectivity index (χ2n) is 21.7. The third kappa shape index (κ3) is 12.3. The molecule has 3 amide bonds. The van der Waals surface area contributed by atoms with Gasteiger partial charge in [-0.25, -0.2) is 9.46 Å². The van der Waals surface area contributed by atoms with Crippen molar-refractivity contribution in [2.24, 2.45) is 0 Å². The maximum atomic E-state index is 14.7. The van der Waals surface area contributed by atoms with E-state index < -0.39 is 73.0 Å². The van der Waals surface area contributed by atoms with Crippen LogP contribution in [0.1, 0.15) is 106 Å². The van der Waals surface area contributed by atoms with E-state index in [1.807, 2.05) is 78.9 Å². The summed E-state index contributed by atoms with van der Waals surface area (Å²) in [5.74, 6) is 0.814. The summed E-state index contributed by atoms with van der Waals surface area (Å²) in [6, 6.07) is 27.2. The van der Waals surface area contributed by atoms with Crippen LogP contribution in [0.15, 0.2) is 78.9 Å². The van der Waals surface area contributed by atoms with Crippen LogP contribution >= 0.6 is 8.53 Å². The minimum Gasteiger partial charge on any atom is -0.497 e. The van der Waals surface area contributed by atoms with E-state index in [9.17, 15) is 14.9 Å². The van der Waals surface area contributed by atoms with Gasteiger partial charge in [-0.2, -0.15) is 5.26 Å². The molecular weight excluding hydrogens is 928 g/mol. The summed E-state index contributed by atoms with van der Waals surface area (Å²) in [7, 11) is -3.99. The number of carbonyl (C=O) groups excluding carboxylic acids is 2. The molecule has 0 aliphatic carbocycles. The number of amides is 3. The number of ether oxygens (including phenoxy) is 4. The fourth-order valence-corrected chi connectivity index (χ4v) is 12.8. The Bertz CT molecular complexity index is 2160. The molecule has 6 atom stereocenters. The SMILES string of the molecule is COc1ccc(C(OC[C@H]2O[C@@H](N3C(=O)NC(=O)[C@](C)(O[Si](C)(C)C(C)(C)C)[C@@H]3O[Si](C)(C)C(C)(C)C)C[C@@H]2OP(OCCC#N)N(C(C)C)C(C)C)(c2ccccc2)c2ccc(OC)cc2)cc1. The van der Waals surface area contributed by atoms with Gasteiger partial charge in [-0.05, 0) is 112 Å². The molecule has 2 aliphatic rings. The van der Waals surface area contributed by atoms with Crippen LogP contribution in [0.4, 0.5) is 4.79 Å². The first-order chi connectivity index (χ1) is 32.2. The van der Waals surface area contributed by atoms with Crippen molar-refractivity contribution in [2.45, 2.75) is 173 Å². The standard InChI is InChI=1S/C52H79N4O10PSi2/c1-36(2)56(37(3)4)67(62-33-21-32-53)64-43-34-45(55-47(65-68(14,15)49(5,6)7)51(11,46(57)54-48(55)58)66-69(16,17)50(8,9)10)63-44(43)35-61-52(38-22-19-18-20-23-38,39-24-28-41(59-12)29-25-39)40-26-30-42(60-13)31-27-40/h18-20,22-31,36-37,43-45,47H,21,33-35H2,1-17H3,(H,54,57,58)/t43-,44+,45+,47-,51-,67?/m0/s1. The highest BCUT2D eigenvalue weighted by molar-refractivity contribution is 7.44. The Morgan fingerprint density at radius 1 is 0.826 bits per heavy atom. The number of nitrogens with one attached hydrogen (secondary N) is 1. The highest BCUT2D eigenvalue weighted by Gasteiger charge is 2.62. The summed E-state index contributed by atoms with van der Waals surface area (Å²) in [6.07, 6.45) is -3.35. The van der Waals surface area contributed by atoms with Gasteiger partial charge in [0.15, 0.2) is 28.5 Å². The zero-order valence-corrected chi connectivity index (χ0v) is 47.1. The molecule has 3 aromatic carbocycles. The second-order valence-corrected chi connectivity index (χ2v) is 32.6. The molecule has 1 N–H and O–H groups in total. The molecule has 380 valence electrons. The Labute approximate surface area is 415 Å². The summed E-state index contributed by atoms with van der Waals surface area (Å²) in [6.45, 7) is 31.3. The van der Waals surface area contributed by atoms with Gasteiger partial charge >= 0.3 is 6.03 Å². The van der Waals surface area contributed by atoms with Crippen molar-refractivity contribution in [1.29, 1.82) is 5.26 Å². The first kappa shape index (κ1) is 56.2. The monoisotopic (exact) mass is 1010 g/mol. The lowest BCUT2D eigenvalue weighted by Gasteiger charge is -2.54. The third-order valence-corrected chi connectivity index (χ3v) is 25.3. The Morgan fingerprint density at radius 3 is 1.80 bits per heavy atom. The predicted octanol–water partition coefficient (Wildman–Crippen LogP) is 11.5. The Morgan fingerprint density at radius 2 is 1.33 bits per heavy atom. The second kappa shape index (κ2) is 22.4. The zero-order chi connectivity index (χ0) is 51.3. The highest BCUT2D eigenvalue weighted by Crippen LogP contribution is 2.52. The molecule has 2 fully saturated rings. The molecule has 3 aromatic rings. The minimum atomic E-state index is -2.76. The van der Waals surface area contributed by atoms with Crippen LogP contribution in [0.2, 0.25) is 36.3 Å². The van der Waals surface area contributed by atoms with Gasteiger partial charge in [-0.3, -0.25) is 15.0 Å². The van der Waals surface area contributed by atoms with Crippen molar-refractivity contribution in [2.75, 3.05) is 27.4 Å². The smallest absolute Gasteiger partial charge is 0.328 e. The van der Waals surface area contributed by atoms with Gasteiger partial charge < -0.3 is 36.8 Å². The Hall–Kier alpha value is -3.73. The van der Waals surface area contributed by atoms with Crippen LogP contribution in [-0.2, 0) is 37.8 Å². The van der Waals surface area contributed by atoms with Gasteiger partial charge in [0, 0.05) is 18.5 Å². The summed E-state index contributed by atoms with van der Waals surface area (Å²) < 4.78 is 56.1. The molecule has 0 aromatic heterocycles. The van der Waals surface area contributed by atoms with E-state index in [2.05, 4.69) is 111 Å². The Kier molecular flexibility index (Phi) is 18.2. The van der Waals surface area contributed by atoms with Crippen molar-refractivity contribution < 1.29 is 46.4 Å². The quantitative estimate of drug-likeness (QED) is 0.0468. The summed E-state index contributed by atoms with van der Waals surface area (Å²) in [5.41, 5.74) is -0.314. The molecule has 2 aliphatic heterocycles. The minimum absolute atomic E-state index is 0.0105. The number of methoxy groups -OCH3 is 2. The molecule has 69 heavy (non-hydrogen) atoms. The fraction of sp³-hybridized carbons (Fsp3) is 0.596. The molecule has 0 saturated carbocycles. The summed E-state index contributed by atoms with van der Waals surface area (Å²) in [4.78, 5) is 30.7. The fourth-order valence-electron chi connectivity index (χ4n) is 8.28. The first-order valence-corrected chi connectivity index (χ1v) is 31.0. The number of imide groups is 1. The number of hydrogen-bond acceptors (Lipinski definition) is 12. The topological polar surface area (TPSA) is 150 Å². The van der Waals surface area contributed by atoms with Crippen molar-refractivity contribution in [3.05, 3.63) is 95.6 Å². The number of hydrogen-bond donors (Lipinski definition) is 1. The molecule has 5 rings (SSSR count). The maximum absolute atomic E-state index is 14.7. The molecule has 0 bridgehead atoms. The molecule has 0 spiro atoms. The number of carbonyl (C=O) groups is 2. The lowest BCUT2D eigenvalue weighted by Crippen LogP contribution is -2.75. The molecule has 14 nitrogen and oxygen atoms in total.